The summed E-state index contributed by atoms with van der Waals surface area (Å²) in [5.74, 6) is 0.0126. The Labute approximate surface area is 94.9 Å². The number of carbonyl (C=O) groups excluding carboxylic acids is 1. The Morgan fingerprint density at radius 1 is 1.31 bits per heavy atom. The minimum absolute atomic E-state index is 0.0126. The van der Waals surface area contributed by atoms with Crippen LogP contribution < -0.4 is 4.31 Å². The molecule has 5 heteroatoms. The highest BCUT2D eigenvalue weighted by Crippen LogP contribution is 2.29. The van der Waals surface area contributed by atoms with Crippen molar-refractivity contribution in [3.8, 4) is 0 Å². The molecule has 0 bridgehead atoms. The van der Waals surface area contributed by atoms with Crippen LogP contribution in [0.3, 0.4) is 0 Å². The van der Waals surface area contributed by atoms with E-state index in [-0.39, 0.29) is 18.7 Å². The van der Waals surface area contributed by atoms with E-state index >= 15 is 0 Å². The molecule has 0 fully saturated rings. The number of rotatable bonds is 1. The lowest BCUT2D eigenvalue weighted by atomic mass is 10.0. The number of benzene rings is 1. The fraction of sp³-hybridized carbons (Fsp3) is 0.364. The Bertz CT molecular complexity index is 548. The van der Waals surface area contributed by atoms with Gasteiger partial charge in [0.05, 0.1) is 11.9 Å². The standard InChI is InChI=1S/C11H13NO3S/c1-8-3-4-10-9(7-8)11(13)5-6-12(10)16(2,14)15/h3-4,7H,5-6H2,1-2H3. The van der Waals surface area contributed by atoms with Crippen molar-refractivity contribution in [2.75, 3.05) is 17.1 Å². The summed E-state index contributed by atoms with van der Waals surface area (Å²) >= 11 is 0. The fourth-order valence-corrected chi connectivity index (χ4v) is 2.83. The number of nitrogens with zero attached hydrogens (tertiary/aromatic N) is 1. The Balaban J connectivity index is 2.62. The highest BCUT2D eigenvalue weighted by molar-refractivity contribution is 7.92. The van der Waals surface area contributed by atoms with Gasteiger partial charge in [-0.1, -0.05) is 11.6 Å². The van der Waals surface area contributed by atoms with Crippen LogP contribution >= 0.6 is 0 Å². The van der Waals surface area contributed by atoms with E-state index in [2.05, 4.69) is 0 Å². The van der Waals surface area contributed by atoms with Crippen molar-refractivity contribution in [1.82, 2.24) is 0 Å². The van der Waals surface area contributed by atoms with E-state index in [0.29, 0.717) is 11.3 Å². The van der Waals surface area contributed by atoms with Crippen LogP contribution in [0.1, 0.15) is 22.3 Å². The van der Waals surface area contributed by atoms with E-state index in [1.54, 1.807) is 12.1 Å². The number of hydrogen-bond acceptors (Lipinski definition) is 3. The predicted octanol–water partition coefficient (Wildman–Crippen LogP) is 1.35. The number of hydrogen-bond donors (Lipinski definition) is 0. The van der Waals surface area contributed by atoms with Gasteiger partial charge in [0.25, 0.3) is 0 Å². The maximum absolute atomic E-state index is 11.7. The SMILES string of the molecule is Cc1ccc2c(c1)C(=O)CCN2S(C)(=O)=O. The van der Waals surface area contributed by atoms with Gasteiger partial charge in [0, 0.05) is 18.5 Å². The predicted molar refractivity (Wildman–Crippen MR) is 62.3 cm³/mol. The van der Waals surface area contributed by atoms with Crippen LogP contribution in [0.25, 0.3) is 0 Å². The molecule has 0 radical (unpaired) electrons. The third kappa shape index (κ3) is 1.82. The zero-order valence-electron chi connectivity index (χ0n) is 9.23. The lowest BCUT2D eigenvalue weighted by molar-refractivity contribution is 0.0982. The molecule has 0 saturated heterocycles. The number of carbonyl (C=O) groups is 1. The van der Waals surface area contributed by atoms with Gasteiger partial charge in [-0.05, 0) is 19.1 Å². The van der Waals surface area contributed by atoms with Crippen LogP contribution in [0.4, 0.5) is 5.69 Å². The maximum atomic E-state index is 11.7. The summed E-state index contributed by atoms with van der Waals surface area (Å²) in [6.45, 7) is 2.13. The summed E-state index contributed by atoms with van der Waals surface area (Å²) in [5, 5.41) is 0. The van der Waals surface area contributed by atoms with Crippen LogP contribution in [0.2, 0.25) is 0 Å². The smallest absolute Gasteiger partial charge is 0.232 e. The molecule has 1 aromatic carbocycles. The Kier molecular flexibility index (Phi) is 2.50. The highest BCUT2D eigenvalue weighted by Gasteiger charge is 2.28. The first-order chi connectivity index (χ1) is 7.39. The first-order valence-electron chi connectivity index (χ1n) is 5.01. The van der Waals surface area contributed by atoms with E-state index in [0.717, 1.165) is 11.8 Å². The van der Waals surface area contributed by atoms with E-state index in [1.807, 2.05) is 13.0 Å². The highest BCUT2D eigenvalue weighted by atomic mass is 32.2. The second kappa shape index (κ2) is 3.59. The molecule has 0 saturated carbocycles. The van der Waals surface area contributed by atoms with Crippen LogP contribution in [-0.4, -0.2) is 27.0 Å². The van der Waals surface area contributed by atoms with Gasteiger partial charge < -0.3 is 0 Å². The van der Waals surface area contributed by atoms with Gasteiger partial charge in [-0.25, -0.2) is 8.42 Å². The quantitative estimate of drug-likeness (QED) is 0.743. The maximum Gasteiger partial charge on any atom is 0.232 e. The zero-order chi connectivity index (χ0) is 11.9. The number of anilines is 1. The molecule has 0 aromatic heterocycles. The average molecular weight is 239 g/mol. The largest absolute Gasteiger partial charge is 0.294 e. The molecule has 1 aromatic rings. The number of Topliss-reactive ketones (excluding diaryl/α,β-unsaturated/α-hetero) is 1. The summed E-state index contributed by atoms with van der Waals surface area (Å²) in [7, 11) is -3.29. The van der Waals surface area contributed by atoms with Gasteiger partial charge in [-0.15, -0.1) is 0 Å². The van der Waals surface area contributed by atoms with Crippen molar-refractivity contribution in [2.45, 2.75) is 13.3 Å². The van der Waals surface area contributed by atoms with E-state index in [9.17, 15) is 13.2 Å². The second-order valence-corrected chi connectivity index (χ2v) is 5.94. The third-order valence-corrected chi connectivity index (χ3v) is 3.84. The Hall–Kier alpha value is -1.36. The number of sulfonamides is 1. The third-order valence-electron chi connectivity index (χ3n) is 2.66. The molecule has 0 aliphatic carbocycles. The van der Waals surface area contributed by atoms with Crippen molar-refractivity contribution >= 4 is 21.5 Å². The zero-order valence-corrected chi connectivity index (χ0v) is 10.0. The van der Waals surface area contributed by atoms with Crippen molar-refractivity contribution < 1.29 is 13.2 Å². The summed E-state index contributed by atoms with van der Waals surface area (Å²) in [5.41, 5.74) is 1.98. The molecule has 2 rings (SSSR count). The minimum atomic E-state index is -3.29. The van der Waals surface area contributed by atoms with Crippen molar-refractivity contribution in [3.05, 3.63) is 29.3 Å². The molecule has 4 nitrogen and oxygen atoms in total. The average Bonchev–Trinajstić information content (AvgIpc) is 2.17. The molecule has 0 amide bonds. The summed E-state index contributed by atoms with van der Waals surface area (Å²) in [4.78, 5) is 11.7. The van der Waals surface area contributed by atoms with E-state index in [1.165, 1.54) is 4.31 Å². The Morgan fingerprint density at radius 2 is 2.00 bits per heavy atom. The van der Waals surface area contributed by atoms with Gasteiger partial charge in [-0.2, -0.15) is 0 Å². The van der Waals surface area contributed by atoms with Crippen LogP contribution in [0, 0.1) is 6.92 Å². The number of aryl methyl sites for hydroxylation is 1. The van der Waals surface area contributed by atoms with Crippen molar-refractivity contribution in [1.29, 1.82) is 0 Å². The van der Waals surface area contributed by atoms with Crippen LogP contribution in [0.15, 0.2) is 18.2 Å². The van der Waals surface area contributed by atoms with E-state index < -0.39 is 10.0 Å². The lowest BCUT2D eigenvalue weighted by Gasteiger charge is -2.28. The molecule has 0 spiro atoms. The molecule has 86 valence electrons. The van der Waals surface area contributed by atoms with Gasteiger partial charge in [-0.3, -0.25) is 9.10 Å². The first-order valence-corrected chi connectivity index (χ1v) is 6.86. The van der Waals surface area contributed by atoms with Gasteiger partial charge in [0.1, 0.15) is 0 Å². The van der Waals surface area contributed by atoms with Crippen molar-refractivity contribution in [2.24, 2.45) is 0 Å². The molecule has 0 unspecified atom stereocenters. The summed E-state index contributed by atoms with van der Waals surface area (Å²) < 4.78 is 24.4. The molecular weight excluding hydrogens is 226 g/mol. The fourth-order valence-electron chi connectivity index (χ4n) is 1.89. The van der Waals surface area contributed by atoms with Gasteiger partial charge in [0.2, 0.25) is 10.0 Å². The van der Waals surface area contributed by atoms with Gasteiger partial charge in [0.15, 0.2) is 5.78 Å². The van der Waals surface area contributed by atoms with Gasteiger partial charge >= 0.3 is 0 Å². The second-order valence-electron chi connectivity index (χ2n) is 4.03. The first kappa shape index (κ1) is 11.1. The number of fused-ring (bicyclic) bond motifs is 1. The molecule has 1 aliphatic rings. The van der Waals surface area contributed by atoms with E-state index in [4.69, 9.17) is 0 Å². The molecular formula is C11H13NO3S. The molecule has 0 N–H and O–H groups in total. The Morgan fingerprint density at radius 3 is 2.62 bits per heavy atom. The normalized spacial score (nSPS) is 16.1. The molecule has 0 atom stereocenters. The topological polar surface area (TPSA) is 54.5 Å². The van der Waals surface area contributed by atoms with Crippen LogP contribution in [0.5, 0.6) is 0 Å². The summed E-state index contributed by atoms with van der Waals surface area (Å²) in [6.07, 6.45) is 1.41. The summed E-state index contributed by atoms with van der Waals surface area (Å²) in [6, 6.07) is 5.26. The number of ketones is 1. The van der Waals surface area contributed by atoms with Crippen molar-refractivity contribution in [3.63, 3.8) is 0 Å². The molecule has 16 heavy (non-hydrogen) atoms. The molecule has 1 heterocycles. The van der Waals surface area contributed by atoms with Crippen LogP contribution in [-0.2, 0) is 10.0 Å². The molecule has 1 aliphatic heterocycles. The minimum Gasteiger partial charge on any atom is -0.294 e. The monoisotopic (exact) mass is 239 g/mol. The lowest BCUT2D eigenvalue weighted by Crippen LogP contribution is -2.36.